The van der Waals surface area contributed by atoms with Crippen LogP contribution in [0.25, 0.3) is 0 Å². The Labute approximate surface area is 78.8 Å². The molecular weight excluding hydrogens is 166 g/mol. The smallest absolute Gasteiger partial charge is 0.0948 e. The van der Waals surface area contributed by atoms with Gasteiger partial charge in [0.2, 0.25) is 0 Å². The quantitative estimate of drug-likeness (QED) is 0.715. The molecule has 1 heterocycles. The zero-order valence-corrected chi connectivity index (χ0v) is 8.27. The fourth-order valence-electron chi connectivity index (χ4n) is 1.29. The van der Waals surface area contributed by atoms with Gasteiger partial charge in [-0.2, -0.15) is 0 Å². The highest BCUT2D eigenvalue weighted by atomic mass is 16.3. The molecule has 0 spiro atoms. The van der Waals surface area contributed by atoms with Crippen molar-refractivity contribution in [3.63, 3.8) is 0 Å². The van der Waals surface area contributed by atoms with Crippen LogP contribution in [-0.2, 0) is 13.1 Å². The molecule has 0 unspecified atom stereocenters. The summed E-state index contributed by atoms with van der Waals surface area (Å²) in [6.45, 7) is 4.79. The lowest BCUT2D eigenvalue weighted by atomic mass is 10.4. The molecule has 0 aliphatic rings. The second-order valence-electron chi connectivity index (χ2n) is 3.13. The van der Waals surface area contributed by atoms with E-state index in [1.807, 2.05) is 19.6 Å². The van der Waals surface area contributed by atoms with Gasteiger partial charge in [-0.05, 0) is 14.0 Å². The van der Waals surface area contributed by atoms with Gasteiger partial charge in [-0.25, -0.2) is 4.98 Å². The van der Waals surface area contributed by atoms with Gasteiger partial charge in [0.25, 0.3) is 0 Å². The summed E-state index contributed by atoms with van der Waals surface area (Å²) in [6, 6.07) is 0. The van der Waals surface area contributed by atoms with Crippen LogP contribution in [0.5, 0.6) is 0 Å². The Bertz CT molecular complexity index is 247. The number of hydrogen-bond donors (Lipinski definition) is 1. The topological polar surface area (TPSA) is 41.3 Å². The van der Waals surface area contributed by atoms with Crippen molar-refractivity contribution >= 4 is 0 Å². The van der Waals surface area contributed by atoms with E-state index < -0.39 is 0 Å². The molecule has 0 aliphatic heterocycles. The highest BCUT2D eigenvalue weighted by Gasteiger charge is 2.03. The van der Waals surface area contributed by atoms with Crippen molar-refractivity contribution < 1.29 is 5.11 Å². The maximum Gasteiger partial charge on any atom is 0.0948 e. The Morgan fingerprint density at radius 3 is 3.00 bits per heavy atom. The summed E-state index contributed by atoms with van der Waals surface area (Å²) in [7, 11) is 1.99. The summed E-state index contributed by atoms with van der Waals surface area (Å²) in [6.07, 6.45) is 3.71. The molecule has 0 aromatic carbocycles. The molecule has 0 fully saturated rings. The molecule has 13 heavy (non-hydrogen) atoms. The Hall–Kier alpha value is -0.870. The van der Waals surface area contributed by atoms with E-state index in [-0.39, 0.29) is 6.61 Å². The summed E-state index contributed by atoms with van der Waals surface area (Å²) in [4.78, 5) is 6.15. The third-order valence-corrected chi connectivity index (χ3v) is 2.05. The lowest BCUT2D eigenvalue weighted by molar-refractivity contribution is 0.214. The molecule has 1 N–H and O–H groups in total. The normalized spacial score (nSPS) is 11.1. The van der Waals surface area contributed by atoms with Crippen molar-refractivity contribution in [1.82, 2.24) is 14.5 Å². The largest absolute Gasteiger partial charge is 0.395 e. The first-order valence-electron chi connectivity index (χ1n) is 4.56. The number of likely N-dealkylation sites (N-methyl/N-ethyl adjacent to an activating group) is 1. The fraction of sp³-hybridized carbons (Fsp3) is 0.667. The van der Waals surface area contributed by atoms with E-state index in [9.17, 15) is 0 Å². The minimum absolute atomic E-state index is 0.205. The van der Waals surface area contributed by atoms with Crippen LogP contribution < -0.4 is 0 Å². The number of rotatable bonds is 5. The van der Waals surface area contributed by atoms with Crippen LogP contribution in [-0.4, -0.2) is 39.8 Å². The number of aliphatic hydroxyl groups is 1. The summed E-state index contributed by atoms with van der Waals surface area (Å²) in [5, 5.41) is 8.73. The van der Waals surface area contributed by atoms with Gasteiger partial charge in [-0.15, -0.1) is 0 Å². The summed E-state index contributed by atoms with van der Waals surface area (Å²) in [5.74, 6) is 0. The van der Waals surface area contributed by atoms with E-state index in [4.69, 9.17) is 5.11 Å². The van der Waals surface area contributed by atoms with Crippen LogP contribution in [0.3, 0.4) is 0 Å². The number of nitrogens with zero attached hydrogens (tertiary/aromatic N) is 3. The summed E-state index contributed by atoms with van der Waals surface area (Å²) < 4.78 is 2.11. The van der Waals surface area contributed by atoms with Gasteiger partial charge in [0.05, 0.1) is 18.6 Å². The molecule has 0 radical (unpaired) electrons. The predicted octanol–water partition coefficient (Wildman–Crippen LogP) is 0.327. The Balaban J connectivity index is 2.52. The molecule has 4 heteroatoms. The van der Waals surface area contributed by atoms with Crippen LogP contribution in [0.1, 0.15) is 12.6 Å². The van der Waals surface area contributed by atoms with E-state index >= 15 is 0 Å². The van der Waals surface area contributed by atoms with Crippen molar-refractivity contribution in [2.75, 3.05) is 20.2 Å². The molecule has 4 nitrogen and oxygen atoms in total. The van der Waals surface area contributed by atoms with Gasteiger partial charge in [0.1, 0.15) is 0 Å². The zero-order valence-electron chi connectivity index (χ0n) is 8.27. The molecule has 74 valence electrons. The third-order valence-electron chi connectivity index (χ3n) is 2.05. The van der Waals surface area contributed by atoms with Gasteiger partial charge < -0.3 is 9.67 Å². The van der Waals surface area contributed by atoms with Gasteiger partial charge >= 0.3 is 0 Å². The monoisotopic (exact) mass is 183 g/mol. The van der Waals surface area contributed by atoms with Crippen molar-refractivity contribution in [3.05, 3.63) is 18.2 Å². The summed E-state index contributed by atoms with van der Waals surface area (Å²) in [5.41, 5.74) is 1.19. The molecule has 1 aromatic heterocycles. The average molecular weight is 183 g/mol. The second-order valence-corrected chi connectivity index (χ2v) is 3.13. The van der Waals surface area contributed by atoms with Crippen molar-refractivity contribution in [1.29, 1.82) is 0 Å². The summed E-state index contributed by atoms with van der Waals surface area (Å²) >= 11 is 0. The number of aliphatic hydroxyl groups excluding tert-OH is 1. The van der Waals surface area contributed by atoms with Gasteiger partial charge in [-0.3, -0.25) is 4.90 Å². The van der Waals surface area contributed by atoms with Crippen LogP contribution >= 0.6 is 0 Å². The highest BCUT2D eigenvalue weighted by Crippen LogP contribution is 2.02. The minimum Gasteiger partial charge on any atom is -0.395 e. The Morgan fingerprint density at radius 2 is 2.38 bits per heavy atom. The number of aromatic nitrogens is 2. The van der Waals surface area contributed by atoms with Crippen molar-refractivity contribution in [3.8, 4) is 0 Å². The molecule has 1 aromatic rings. The third kappa shape index (κ3) is 2.82. The molecule has 0 bridgehead atoms. The van der Waals surface area contributed by atoms with Crippen LogP contribution in [0.2, 0.25) is 0 Å². The molecule has 0 saturated carbocycles. The Kier molecular flexibility index (Phi) is 3.92. The van der Waals surface area contributed by atoms with Gasteiger partial charge in [-0.1, -0.05) is 0 Å². The zero-order chi connectivity index (χ0) is 9.68. The van der Waals surface area contributed by atoms with Crippen LogP contribution in [0.4, 0.5) is 0 Å². The molecule has 1 rings (SSSR count). The van der Waals surface area contributed by atoms with E-state index in [1.54, 1.807) is 0 Å². The van der Waals surface area contributed by atoms with Crippen LogP contribution in [0, 0.1) is 0 Å². The first-order chi connectivity index (χ1) is 6.27. The molecule has 0 saturated heterocycles. The lowest BCUT2D eigenvalue weighted by Crippen LogP contribution is -2.22. The molecule has 0 atom stereocenters. The lowest BCUT2D eigenvalue weighted by Gasteiger charge is -2.15. The molecule has 0 amide bonds. The van der Waals surface area contributed by atoms with E-state index in [1.165, 1.54) is 5.69 Å². The van der Waals surface area contributed by atoms with E-state index in [0.29, 0.717) is 6.54 Å². The molecule has 0 aliphatic carbocycles. The number of hydrogen-bond acceptors (Lipinski definition) is 3. The van der Waals surface area contributed by atoms with Gasteiger partial charge in [0, 0.05) is 25.8 Å². The van der Waals surface area contributed by atoms with E-state index in [2.05, 4.69) is 21.4 Å². The standard InChI is InChI=1S/C9H17N3O/c1-3-12-8-10-6-9(12)7-11(2)4-5-13/h6,8,13H,3-5,7H2,1-2H3. The number of imidazole rings is 1. The first-order valence-corrected chi connectivity index (χ1v) is 4.56. The highest BCUT2D eigenvalue weighted by molar-refractivity contribution is 4.97. The Morgan fingerprint density at radius 1 is 1.62 bits per heavy atom. The second kappa shape index (κ2) is 4.99. The van der Waals surface area contributed by atoms with Crippen LogP contribution in [0.15, 0.2) is 12.5 Å². The SMILES string of the molecule is CCn1cncc1CN(C)CCO. The predicted molar refractivity (Wildman–Crippen MR) is 51.3 cm³/mol. The first kappa shape index (κ1) is 10.2. The van der Waals surface area contributed by atoms with Crippen molar-refractivity contribution in [2.45, 2.75) is 20.0 Å². The fourth-order valence-corrected chi connectivity index (χ4v) is 1.29. The van der Waals surface area contributed by atoms with Gasteiger partial charge in [0.15, 0.2) is 0 Å². The molecular formula is C9H17N3O. The number of aryl methyl sites for hydroxylation is 1. The minimum atomic E-state index is 0.205. The van der Waals surface area contributed by atoms with E-state index in [0.717, 1.165) is 13.1 Å². The average Bonchev–Trinajstić information content (AvgIpc) is 2.52. The maximum atomic E-state index is 8.73. The van der Waals surface area contributed by atoms with Crippen molar-refractivity contribution in [2.24, 2.45) is 0 Å². The maximum absolute atomic E-state index is 8.73.